The Kier molecular flexibility index (Phi) is 4.02. The van der Waals surface area contributed by atoms with Gasteiger partial charge in [-0.15, -0.1) is 0 Å². The SMILES string of the molecule is CC(C#N)CN(C)S(=O)(=O)c1cccc2cnccc12. The van der Waals surface area contributed by atoms with E-state index in [0.29, 0.717) is 5.39 Å². The van der Waals surface area contributed by atoms with E-state index in [-0.39, 0.29) is 17.4 Å². The number of aromatic nitrogens is 1. The lowest BCUT2D eigenvalue weighted by Crippen LogP contribution is -2.30. The molecule has 1 heterocycles. The standard InChI is InChI=1S/C14H15N3O2S/c1-11(8-15)10-17(2)20(18,19)14-5-3-4-12-9-16-7-6-13(12)14/h3-7,9,11H,10H2,1-2H3. The minimum Gasteiger partial charge on any atom is -0.264 e. The largest absolute Gasteiger partial charge is 0.264 e. The van der Waals surface area contributed by atoms with E-state index in [4.69, 9.17) is 5.26 Å². The first-order valence-corrected chi connectivity index (χ1v) is 7.59. The van der Waals surface area contributed by atoms with Crippen LogP contribution in [0.5, 0.6) is 0 Å². The Morgan fingerprint density at radius 3 is 2.85 bits per heavy atom. The molecule has 2 aromatic rings. The predicted molar refractivity (Wildman–Crippen MR) is 76.3 cm³/mol. The van der Waals surface area contributed by atoms with Crippen LogP contribution in [0.1, 0.15) is 6.92 Å². The van der Waals surface area contributed by atoms with Crippen LogP contribution in [0.15, 0.2) is 41.6 Å². The van der Waals surface area contributed by atoms with E-state index in [1.165, 1.54) is 11.4 Å². The van der Waals surface area contributed by atoms with Crippen molar-refractivity contribution in [1.29, 1.82) is 5.26 Å². The van der Waals surface area contributed by atoms with E-state index in [1.807, 2.05) is 12.1 Å². The second-order valence-electron chi connectivity index (χ2n) is 4.67. The Hall–Kier alpha value is -1.97. The Morgan fingerprint density at radius 2 is 2.15 bits per heavy atom. The highest BCUT2D eigenvalue weighted by Crippen LogP contribution is 2.24. The zero-order chi connectivity index (χ0) is 14.8. The minimum absolute atomic E-state index is 0.167. The summed E-state index contributed by atoms with van der Waals surface area (Å²) in [5, 5.41) is 10.2. The van der Waals surface area contributed by atoms with Gasteiger partial charge in [-0.2, -0.15) is 9.57 Å². The first kappa shape index (κ1) is 14.4. The Balaban J connectivity index is 2.50. The van der Waals surface area contributed by atoms with Gasteiger partial charge in [0.05, 0.1) is 16.9 Å². The molecular weight excluding hydrogens is 274 g/mol. The normalized spacial score (nSPS) is 13.3. The molecule has 0 saturated heterocycles. The van der Waals surface area contributed by atoms with Gasteiger partial charge in [-0.05, 0) is 19.1 Å². The summed E-state index contributed by atoms with van der Waals surface area (Å²) >= 11 is 0. The lowest BCUT2D eigenvalue weighted by molar-refractivity contribution is 0.439. The topological polar surface area (TPSA) is 74.1 Å². The van der Waals surface area contributed by atoms with Crippen molar-refractivity contribution in [2.45, 2.75) is 11.8 Å². The zero-order valence-electron chi connectivity index (χ0n) is 11.3. The van der Waals surface area contributed by atoms with Crippen molar-refractivity contribution in [2.24, 2.45) is 5.92 Å². The number of benzene rings is 1. The lowest BCUT2D eigenvalue weighted by Gasteiger charge is -2.19. The number of hydrogen-bond donors (Lipinski definition) is 0. The van der Waals surface area contributed by atoms with Crippen LogP contribution in [0.4, 0.5) is 0 Å². The highest BCUT2D eigenvalue weighted by atomic mass is 32.2. The second kappa shape index (κ2) is 5.57. The molecule has 0 radical (unpaired) electrons. The summed E-state index contributed by atoms with van der Waals surface area (Å²) in [7, 11) is -2.13. The van der Waals surface area contributed by atoms with Crippen LogP contribution in [0.3, 0.4) is 0 Å². The highest BCUT2D eigenvalue weighted by Gasteiger charge is 2.24. The molecule has 0 aliphatic carbocycles. The molecule has 0 N–H and O–H groups in total. The summed E-state index contributed by atoms with van der Waals surface area (Å²) in [6.45, 7) is 1.86. The van der Waals surface area contributed by atoms with Gasteiger partial charge in [0, 0.05) is 36.8 Å². The molecule has 0 saturated carbocycles. The molecule has 1 atom stereocenters. The molecular formula is C14H15N3O2S. The molecule has 2 rings (SSSR count). The third-order valence-electron chi connectivity index (χ3n) is 3.08. The van der Waals surface area contributed by atoms with Crippen LogP contribution in [-0.2, 0) is 10.0 Å². The summed E-state index contributed by atoms with van der Waals surface area (Å²) in [5.74, 6) is -0.355. The van der Waals surface area contributed by atoms with Gasteiger partial charge >= 0.3 is 0 Å². The Morgan fingerprint density at radius 1 is 1.40 bits per heavy atom. The van der Waals surface area contributed by atoms with Gasteiger partial charge in [-0.3, -0.25) is 4.98 Å². The van der Waals surface area contributed by atoms with Gasteiger partial charge in [-0.1, -0.05) is 12.1 Å². The van der Waals surface area contributed by atoms with Gasteiger partial charge in [0.2, 0.25) is 10.0 Å². The maximum atomic E-state index is 12.6. The summed E-state index contributed by atoms with van der Waals surface area (Å²) in [6.07, 6.45) is 3.20. The van der Waals surface area contributed by atoms with Gasteiger partial charge in [0.25, 0.3) is 0 Å². The average Bonchev–Trinajstić information content (AvgIpc) is 2.46. The quantitative estimate of drug-likeness (QED) is 0.863. The summed E-state index contributed by atoms with van der Waals surface area (Å²) in [5.41, 5.74) is 0. The van der Waals surface area contributed by atoms with Crippen LogP contribution in [0.2, 0.25) is 0 Å². The third kappa shape index (κ3) is 2.64. The molecule has 1 unspecified atom stereocenters. The number of nitrogens with zero attached hydrogens (tertiary/aromatic N) is 3. The van der Waals surface area contributed by atoms with Crippen LogP contribution < -0.4 is 0 Å². The van der Waals surface area contributed by atoms with E-state index >= 15 is 0 Å². The van der Waals surface area contributed by atoms with Gasteiger partial charge in [0.15, 0.2) is 0 Å². The first-order valence-electron chi connectivity index (χ1n) is 6.15. The molecule has 0 amide bonds. The van der Waals surface area contributed by atoms with Crippen molar-refractivity contribution >= 4 is 20.8 Å². The van der Waals surface area contributed by atoms with Gasteiger partial charge in [0.1, 0.15) is 0 Å². The van der Waals surface area contributed by atoms with E-state index in [9.17, 15) is 8.42 Å². The molecule has 5 nitrogen and oxygen atoms in total. The minimum atomic E-state index is -3.62. The average molecular weight is 289 g/mol. The molecule has 1 aromatic carbocycles. The molecule has 20 heavy (non-hydrogen) atoms. The maximum absolute atomic E-state index is 12.6. The number of pyridine rings is 1. The fraction of sp³-hybridized carbons (Fsp3) is 0.286. The molecule has 0 spiro atoms. The highest BCUT2D eigenvalue weighted by molar-refractivity contribution is 7.89. The second-order valence-corrected chi connectivity index (χ2v) is 6.68. The Bertz CT molecular complexity index is 760. The van der Waals surface area contributed by atoms with Gasteiger partial charge in [-0.25, -0.2) is 8.42 Å². The summed E-state index contributed by atoms with van der Waals surface area (Å²) < 4.78 is 26.4. The summed E-state index contributed by atoms with van der Waals surface area (Å²) in [6, 6.07) is 8.81. The number of rotatable bonds is 4. The fourth-order valence-corrected chi connectivity index (χ4v) is 3.48. The number of fused-ring (bicyclic) bond motifs is 1. The smallest absolute Gasteiger partial charge is 0.243 e. The molecule has 0 fully saturated rings. The zero-order valence-corrected chi connectivity index (χ0v) is 12.1. The monoisotopic (exact) mass is 289 g/mol. The van der Waals surface area contributed by atoms with Crippen molar-refractivity contribution in [3.8, 4) is 6.07 Å². The fourth-order valence-electron chi connectivity index (χ4n) is 2.01. The first-order chi connectivity index (χ1) is 9.46. The Labute approximate surface area is 118 Å². The number of hydrogen-bond acceptors (Lipinski definition) is 4. The number of sulfonamides is 1. The van der Waals surface area contributed by atoms with Crippen LogP contribution in [0.25, 0.3) is 10.8 Å². The lowest BCUT2D eigenvalue weighted by atomic mass is 10.2. The predicted octanol–water partition coefficient (Wildman–Crippen LogP) is 2.01. The van der Waals surface area contributed by atoms with Crippen molar-refractivity contribution in [1.82, 2.24) is 9.29 Å². The van der Waals surface area contributed by atoms with E-state index in [1.54, 1.807) is 37.5 Å². The van der Waals surface area contributed by atoms with Crippen molar-refractivity contribution in [2.75, 3.05) is 13.6 Å². The molecule has 0 aliphatic rings. The van der Waals surface area contributed by atoms with Gasteiger partial charge < -0.3 is 0 Å². The molecule has 0 bridgehead atoms. The molecule has 0 aliphatic heterocycles. The van der Waals surface area contributed by atoms with Crippen molar-refractivity contribution in [3.05, 3.63) is 36.7 Å². The number of nitriles is 1. The molecule has 104 valence electrons. The third-order valence-corrected chi connectivity index (χ3v) is 4.96. The van der Waals surface area contributed by atoms with Crippen LogP contribution in [-0.4, -0.2) is 31.3 Å². The van der Waals surface area contributed by atoms with E-state index in [2.05, 4.69) is 4.98 Å². The molecule has 6 heteroatoms. The van der Waals surface area contributed by atoms with E-state index < -0.39 is 10.0 Å². The van der Waals surface area contributed by atoms with Crippen LogP contribution in [0, 0.1) is 17.2 Å². The van der Waals surface area contributed by atoms with Crippen LogP contribution >= 0.6 is 0 Å². The maximum Gasteiger partial charge on any atom is 0.243 e. The molecule has 1 aromatic heterocycles. The van der Waals surface area contributed by atoms with Crippen molar-refractivity contribution in [3.63, 3.8) is 0 Å². The summed E-state index contributed by atoms with van der Waals surface area (Å²) in [4.78, 5) is 4.23. The van der Waals surface area contributed by atoms with E-state index in [0.717, 1.165) is 5.39 Å². The van der Waals surface area contributed by atoms with Crippen molar-refractivity contribution < 1.29 is 8.42 Å².